The zero-order valence-corrected chi connectivity index (χ0v) is 14.6. The number of carbonyl (C=O) groups excluding carboxylic acids is 1. The van der Waals surface area contributed by atoms with Crippen molar-refractivity contribution in [1.29, 1.82) is 10.5 Å². The molecule has 2 rings (SSSR count). The minimum absolute atomic E-state index is 0.0311. The number of aromatic nitrogens is 2. The summed E-state index contributed by atoms with van der Waals surface area (Å²) in [7, 11) is 1.95. The highest BCUT2D eigenvalue weighted by Crippen LogP contribution is 2.35. The van der Waals surface area contributed by atoms with Crippen LogP contribution in [-0.4, -0.2) is 51.7 Å². The lowest BCUT2D eigenvalue weighted by atomic mass is 10.0. The number of likely N-dealkylation sites (tertiary alicyclic amines) is 1. The van der Waals surface area contributed by atoms with Crippen LogP contribution in [0.15, 0.2) is 0 Å². The van der Waals surface area contributed by atoms with Gasteiger partial charge in [0.25, 0.3) is 0 Å². The molecule has 1 aromatic rings. The first kappa shape index (κ1) is 18.0. The summed E-state index contributed by atoms with van der Waals surface area (Å²) in [5.41, 5.74) is 3.49. The molecule has 7 nitrogen and oxygen atoms in total. The molecule has 1 amide bonds. The maximum atomic E-state index is 12.2. The Hall–Kier alpha value is -2.38. The quantitative estimate of drug-likeness (QED) is 0.737. The zero-order chi connectivity index (χ0) is 17.7. The summed E-state index contributed by atoms with van der Waals surface area (Å²) in [6.45, 7) is 5.66. The van der Waals surface area contributed by atoms with E-state index >= 15 is 0 Å². The van der Waals surface area contributed by atoms with Gasteiger partial charge in [0.15, 0.2) is 0 Å². The maximum Gasteiger partial charge on any atom is 0.225 e. The first-order valence-electron chi connectivity index (χ1n) is 8.25. The Kier molecular flexibility index (Phi) is 5.94. The molecule has 1 aliphatic heterocycles. The van der Waals surface area contributed by atoms with Crippen LogP contribution < -0.4 is 0 Å². The van der Waals surface area contributed by atoms with Crippen LogP contribution in [0.3, 0.4) is 0 Å². The molecule has 0 saturated carbocycles. The predicted octanol–water partition coefficient (Wildman–Crippen LogP) is 1.44. The van der Waals surface area contributed by atoms with E-state index in [1.165, 1.54) is 16.2 Å². The summed E-state index contributed by atoms with van der Waals surface area (Å²) >= 11 is 0. The van der Waals surface area contributed by atoms with Gasteiger partial charge in [-0.25, -0.2) is 0 Å². The maximum absolute atomic E-state index is 12.2. The Balaban J connectivity index is 2.03. The highest BCUT2D eigenvalue weighted by atomic mass is 16.2. The smallest absolute Gasteiger partial charge is 0.225 e. The fraction of sp³-hybridized carbons (Fsp3) is 0.647. The molecule has 128 valence electrons. The van der Waals surface area contributed by atoms with Gasteiger partial charge in [0.1, 0.15) is 13.1 Å². The molecule has 0 spiro atoms. The molecule has 7 heteroatoms. The topological polar surface area (TPSA) is 88.9 Å². The van der Waals surface area contributed by atoms with E-state index in [4.69, 9.17) is 10.5 Å². The average molecular weight is 328 g/mol. The van der Waals surface area contributed by atoms with Crippen molar-refractivity contribution in [2.75, 3.05) is 26.2 Å². The molecule has 1 fully saturated rings. The monoisotopic (exact) mass is 328 g/mol. The minimum atomic E-state index is -0.136. The Morgan fingerprint density at radius 3 is 2.54 bits per heavy atom. The Morgan fingerprint density at radius 2 is 2.00 bits per heavy atom. The van der Waals surface area contributed by atoms with Crippen molar-refractivity contribution in [3.05, 3.63) is 17.0 Å². The third kappa shape index (κ3) is 3.74. The molecule has 1 saturated heterocycles. The minimum Gasteiger partial charge on any atom is -0.316 e. The van der Waals surface area contributed by atoms with Crippen LogP contribution >= 0.6 is 0 Å². The van der Waals surface area contributed by atoms with Crippen LogP contribution in [0.1, 0.15) is 42.3 Å². The molecule has 0 bridgehead atoms. The largest absolute Gasteiger partial charge is 0.316 e. The van der Waals surface area contributed by atoms with E-state index in [0.717, 1.165) is 25.1 Å². The van der Waals surface area contributed by atoms with Gasteiger partial charge in [-0.15, -0.1) is 0 Å². The van der Waals surface area contributed by atoms with Gasteiger partial charge in [-0.3, -0.25) is 14.4 Å². The van der Waals surface area contributed by atoms with Gasteiger partial charge in [0.05, 0.1) is 17.8 Å². The van der Waals surface area contributed by atoms with Crippen LogP contribution in [-0.2, 0) is 11.8 Å². The lowest BCUT2D eigenvalue weighted by Crippen LogP contribution is -2.35. The molecule has 0 aromatic carbocycles. The van der Waals surface area contributed by atoms with Crippen molar-refractivity contribution >= 4 is 5.91 Å². The number of nitriles is 2. The van der Waals surface area contributed by atoms with Gasteiger partial charge in [0, 0.05) is 37.3 Å². The summed E-state index contributed by atoms with van der Waals surface area (Å²) in [5, 5.41) is 22.1. The fourth-order valence-electron chi connectivity index (χ4n) is 3.49. The van der Waals surface area contributed by atoms with Gasteiger partial charge in [-0.2, -0.15) is 15.6 Å². The number of hydrogen-bond donors (Lipinski definition) is 0. The van der Waals surface area contributed by atoms with Crippen LogP contribution in [0.5, 0.6) is 0 Å². The fourth-order valence-corrected chi connectivity index (χ4v) is 3.49. The van der Waals surface area contributed by atoms with Gasteiger partial charge < -0.3 is 4.90 Å². The van der Waals surface area contributed by atoms with E-state index in [9.17, 15) is 4.79 Å². The Labute approximate surface area is 143 Å². The predicted molar refractivity (Wildman–Crippen MR) is 88.7 cm³/mol. The molecule has 1 aliphatic rings. The SMILES string of the molecule is Cc1nn(C)c(C)c1[C@H]1CCCN1CCC(=O)N(CC#N)CC#N. The summed E-state index contributed by atoms with van der Waals surface area (Å²) in [4.78, 5) is 15.9. The van der Waals surface area contributed by atoms with Crippen LogP contribution in [0.2, 0.25) is 0 Å². The molecule has 0 radical (unpaired) electrons. The van der Waals surface area contributed by atoms with E-state index in [0.29, 0.717) is 19.0 Å². The Morgan fingerprint density at radius 1 is 1.33 bits per heavy atom. The van der Waals surface area contributed by atoms with Crippen molar-refractivity contribution in [1.82, 2.24) is 19.6 Å². The highest BCUT2D eigenvalue weighted by Gasteiger charge is 2.30. The van der Waals surface area contributed by atoms with Crippen molar-refractivity contribution in [2.24, 2.45) is 7.05 Å². The first-order chi connectivity index (χ1) is 11.5. The summed E-state index contributed by atoms with van der Waals surface area (Å²) in [5.74, 6) is -0.136. The number of amides is 1. The van der Waals surface area contributed by atoms with Crippen LogP contribution in [0.4, 0.5) is 0 Å². The van der Waals surface area contributed by atoms with Gasteiger partial charge in [0.2, 0.25) is 5.91 Å². The third-order valence-electron chi connectivity index (χ3n) is 4.75. The first-order valence-corrected chi connectivity index (χ1v) is 8.25. The number of rotatable bonds is 6. The third-order valence-corrected chi connectivity index (χ3v) is 4.75. The molecular formula is C17H24N6O. The standard InChI is InChI=1S/C17H24N6O/c1-13-17(14(2)21(3)20-13)15-5-4-9-22(15)10-6-16(24)23(11-7-18)12-8-19/h15H,4-6,9-12H2,1-3H3/t15-/m1/s1. The van der Waals surface area contributed by atoms with E-state index < -0.39 is 0 Å². The molecule has 1 aromatic heterocycles. The summed E-state index contributed by atoms with van der Waals surface area (Å²) < 4.78 is 1.91. The van der Waals surface area contributed by atoms with Crippen LogP contribution in [0, 0.1) is 36.5 Å². The number of carbonyl (C=O) groups is 1. The summed E-state index contributed by atoms with van der Waals surface area (Å²) in [6, 6.07) is 4.18. The normalized spacial score (nSPS) is 17.5. The average Bonchev–Trinajstić information content (AvgIpc) is 3.09. The van der Waals surface area contributed by atoms with Crippen molar-refractivity contribution in [2.45, 2.75) is 39.2 Å². The van der Waals surface area contributed by atoms with E-state index in [2.05, 4.69) is 16.9 Å². The second-order valence-corrected chi connectivity index (χ2v) is 6.22. The van der Waals surface area contributed by atoms with E-state index in [1.54, 1.807) is 0 Å². The lowest BCUT2D eigenvalue weighted by Gasteiger charge is -2.26. The number of aryl methyl sites for hydroxylation is 2. The molecule has 1 atom stereocenters. The molecular weight excluding hydrogens is 304 g/mol. The van der Waals surface area contributed by atoms with Crippen molar-refractivity contribution in [3.8, 4) is 12.1 Å². The second kappa shape index (κ2) is 7.94. The highest BCUT2D eigenvalue weighted by molar-refractivity contribution is 5.76. The second-order valence-electron chi connectivity index (χ2n) is 6.22. The number of nitrogens with zero attached hydrogens (tertiary/aromatic N) is 6. The zero-order valence-electron chi connectivity index (χ0n) is 14.6. The van der Waals surface area contributed by atoms with Crippen LogP contribution in [0.25, 0.3) is 0 Å². The summed E-state index contributed by atoms with van der Waals surface area (Å²) in [6.07, 6.45) is 2.51. The molecule has 24 heavy (non-hydrogen) atoms. The van der Waals surface area contributed by atoms with E-state index in [-0.39, 0.29) is 19.0 Å². The number of hydrogen-bond acceptors (Lipinski definition) is 5. The van der Waals surface area contributed by atoms with Gasteiger partial charge in [-0.05, 0) is 33.2 Å². The van der Waals surface area contributed by atoms with Gasteiger partial charge in [-0.1, -0.05) is 0 Å². The van der Waals surface area contributed by atoms with E-state index in [1.807, 2.05) is 30.8 Å². The molecule has 2 heterocycles. The lowest BCUT2D eigenvalue weighted by molar-refractivity contribution is -0.130. The van der Waals surface area contributed by atoms with Crippen molar-refractivity contribution < 1.29 is 4.79 Å². The molecule has 0 unspecified atom stereocenters. The Bertz CT molecular complexity index is 664. The molecule has 0 N–H and O–H groups in total. The van der Waals surface area contributed by atoms with Gasteiger partial charge >= 0.3 is 0 Å². The molecule has 0 aliphatic carbocycles. The van der Waals surface area contributed by atoms with Crippen molar-refractivity contribution in [3.63, 3.8) is 0 Å².